The van der Waals surface area contributed by atoms with Gasteiger partial charge in [-0.1, -0.05) is 29.4 Å². The second-order valence-corrected chi connectivity index (χ2v) is 7.14. The Balaban J connectivity index is 1.44. The third-order valence-corrected chi connectivity index (χ3v) is 5.24. The molecule has 1 aliphatic heterocycles. The van der Waals surface area contributed by atoms with Gasteiger partial charge in [0.15, 0.2) is 5.69 Å². The molecule has 5 heteroatoms. The highest BCUT2D eigenvalue weighted by Crippen LogP contribution is 2.26. The molecule has 26 heavy (non-hydrogen) atoms. The van der Waals surface area contributed by atoms with Crippen LogP contribution in [0.15, 0.2) is 47.2 Å². The maximum Gasteiger partial charge on any atom is 0.276 e. The molecule has 1 aromatic carbocycles. The summed E-state index contributed by atoms with van der Waals surface area (Å²) in [6.45, 7) is 3.36. The number of hydrogen-bond donors (Lipinski definition) is 0. The third kappa shape index (κ3) is 3.47. The van der Waals surface area contributed by atoms with Gasteiger partial charge in [0.2, 0.25) is 0 Å². The molecule has 4 rings (SSSR count). The third-order valence-electron chi connectivity index (χ3n) is 5.24. The lowest BCUT2D eigenvalue weighted by atomic mass is 9.91. The van der Waals surface area contributed by atoms with Gasteiger partial charge in [0.05, 0.1) is 0 Å². The topological polar surface area (TPSA) is 59.2 Å². The predicted molar refractivity (Wildman–Crippen MR) is 99.9 cm³/mol. The molecular weight excluding hydrogens is 326 g/mol. The van der Waals surface area contributed by atoms with Crippen molar-refractivity contribution in [2.75, 3.05) is 13.1 Å². The van der Waals surface area contributed by atoms with Gasteiger partial charge in [-0.2, -0.15) is 0 Å². The number of benzene rings is 1. The maximum atomic E-state index is 12.6. The average Bonchev–Trinajstić information content (AvgIpc) is 2.96. The molecule has 0 saturated carbocycles. The second-order valence-electron chi connectivity index (χ2n) is 7.14. The Labute approximate surface area is 153 Å². The van der Waals surface area contributed by atoms with Crippen molar-refractivity contribution in [1.29, 1.82) is 0 Å². The van der Waals surface area contributed by atoms with Crippen molar-refractivity contribution in [3.8, 4) is 0 Å². The van der Waals surface area contributed by atoms with E-state index >= 15 is 0 Å². The number of carbonyl (C=O) groups is 1. The fourth-order valence-electron chi connectivity index (χ4n) is 3.85. The van der Waals surface area contributed by atoms with Crippen LogP contribution in [0.25, 0.3) is 10.8 Å². The number of fused-ring (bicyclic) bond motifs is 1. The minimum absolute atomic E-state index is 0.0191. The van der Waals surface area contributed by atoms with Crippen molar-refractivity contribution in [2.24, 2.45) is 5.92 Å². The normalized spacial score (nSPS) is 18.0. The van der Waals surface area contributed by atoms with Gasteiger partial charge >= 0.3 is 0 Å². The fraction of sp³-hybridized carbons (Fsp3) is 0.381. The lowest BCUT2D eigenvalue weighted by Gasteiger charge is -2.19. The van der Waals surface area contributed by atoms with Crippen LogP contribution in [0.3, 0.4) is 0 Å². The summed E-state index contributed by atoms with van der Waals surface area (Å²) in [5.74, 6) is 1.22. The van der Waals surface area contributed by atoms with Crippen LogP contribution in [0.5, 0.6) is 0 Å². The first-order valence-corrected chi connectivity index (χ1v) is 9.25. The summed E-state index contributed by atoms with van der Waals surface area (Å²) >= 11 is 0. The Morgan fingerprint density at radius 2 is 2.12 bits per heavy atom. The molecule has 1 atom stereocenters. The van der Waals surface area contributed by atoms with E-state index in [9.17, 15) is 4.79 Å². The van der Waals surface area contributed by atoms with E-state index in [0.717, 1.165) is 38.8 Å². The Hall–Kier alpha value is -2.69. The maximum absolute atomic E-state index is 12.6. The number of carbonyl (C=O) groups excluding carboxylic acids is 1. The lowest BCUT2D eigenvalue weighted by Crippen LogP contribution is -2.32. The van der Waals surface area contributed by atoms with E-state index in [2.05, 4.69) is 34.4 Å². The molecule has 1 amide bonds. The highest BCUT2D eigenvalue weighted by molar-refractivity contribution is 5.92. The van der Waals surface area contributed by atoms with Crippen LogP contribution in [-0.2, 0) is 6.42 Å². The zero-order valence-electron chi connectivity index (χ0n) is 15.0. The molecule has 5 nitrogen and oxygen atoms in total. The smallest absolute Gasteiger partial charge is 0.276 e. The second kappa shape index (κ2) is 7.28. The molecule has 1 fully saturated rings. The number of pyridine rings is 1. The molecule has 0 aliphatic carbocycles. The van der Waals surface area contributed by atoms with Crippen LogP contribution in [0.1, 0.15) is 41.1 Å². The molecule has 0 unspecified atom stereocenters. The van der Waals surface area contributed by atoms with Gasteiger partial charge in [0.25, 0.3) is 5.91 Å². The number of likely N-dealkylation sites (tertiary alicyclic amines) is 1. The zero-order chi connectivity index (χ0) is 17.9. The van der Waals surface area contributed by atoms with Gasteiger partial charge in [0.1, 0.15) is 5.76 Å². The van der Waals surface area contributed by atoms with Crippen molar-refractivity contribution >= 4 is 16.7 Å². The molecule has 2 aromatic heterocycles. The number of aromatic nitrogens is 2. The molecule has 0 N–H and O–H groups in total. The van der Waals surface area contributed by atoms with Crippen molar-refractivity contribution in [2.45, 2.75) is 32.6 Å². The van der Waals surface area contributed by atoms with Crippen LogP contribution >= 0.6 is 0 Å². The van der Waals surface area contributed by atoms with Gasteiger partial charge in [0, 0.05) is 36.9 Å². The van der Waals surface area contributed by atoms with Crippen molar-refractivity contribution in [1.82, 2.24) is 15.0 Å². The van der Waals surface area contributed by atoms with Crippen molar-refractivity contribution in [3.05, 3.63) is 59.7 Å². The van der Waals surface area contributed by atoms with E-state index in [-0.39, 0.29) is 5.91 Å². The molecule has 3 heterocycles. The largest absolute Gasteiger partial charge is 0.361 e. The minimum atomic E-state index is -0.0191. The van der Waals surface area contributed by atoms with E-state index in [1.165, 1.54) is 16.3 Å². The fourth-order valence-corrected chi connectivity index (χ4v) is 3.85. The quantitative estimate of drug-likeness (QED) is 0.717. The molecule has 3 aromatic rings. The molecular formula is C21H23N3O2. The zero-order valence-corrected chi connectivity index (χ0v) is 15.0. The minimum Gasteiger partial charge on any atom is -0.361 e. The first-order valence-electron chi connectivity index (χ1n) is 9.25. The van der Waals surface area contributed by atoms with Crippen LogP contribution in [0.4, 0.5) is 0 Å². The van der Waals surface area contributed by atoms with Crippen LogP contribution in [-0.4, -0.2) is 34.0 Å². The summed E-state index contributed by atoms with van der Waals surface area (Å²) in [7, 11) is 0. The number of hydrogen-bond acceptors (Lipinski definition) is 4. The van der Waals surface area contributed by atoms with Crippen molar-refractivity contribution in [3.63, 3.8) is 0 Å². The monoisotopic (exact) mass is 349 g/mol. The first-order chi connectivity index (χ1) is 12.7. The van der Waals surface area contributed by atoms with Gasteiger partial charge < -0.3 is 9.42 Å². The first kappa shape index (κ1) is 16.8. The Morgan fingerprint density at radius 3 is 2.96 bits per heavy atom. The highest BCUT2D eigenvalue weighted by atomic mass is 16.5. The molecule has 1 aliphatic rings. The molecule has 134 valence electrons. The van der Waals surface area contributed by atoms with E-state index < -0.39 is 0 Å². The Kier molecular flexibility index (Phi) is 4.69. The van der Waals surface area contributed by atoms with Gasteiger partial charge in [-0.25, -0.2) is 0 Å². The summed E-state index contributed by atoms with van der Waals surface area (Å²) in [6, 6.07) is 10.1. The van der Waals surface area contributed by atoms with E-state index in [1.807, 2.05) is 17.3 Å². The van der Waals surface area contributed by atoms with Gasteiger partial charge in [-0.3, -0.25) is 9.78 Å². The van der Waals surface area contributed by atoms with E-state index in [1.54, 1.807) is 13.0 Å². The molecule has 0 bridgehead atoms. The summed E-state index contributed by atoms with van der Waals surface area (Å²) in [4.78, 5) is 18.9. The Bertz CT molecular complexity index is 913. The Morgan fingerprint density at radius 1 is 1.23 bits per heavy atom. The predicted octanol–water partition coefficient (Wildman–Crippen LogP) is 4.02. The standard InChI is InChI=1S/C21H23N3O2/c1-15-11-20(23-26-15)21(25)24-9-4-5-16(8-10-24)12-18-14-22-13-17-6-2-3-7-19(17)18/h2-3,6-7,11,13-14,16H,4-5,8-10,12H2,1H3/t16-/m1/s1. The van der Waals surface area contributed by atoms with Crippen LogP contribution in [0.2, 0.25) is 0 Å². The summed E-state index contributed by atoms with van der Waals surface area (Å²) < 4.78 is 5.04. The van der Waals surface area contributed by atoms with Crippen molar-refractivity contribution < 1.29 is 9.32 Å². The summed E-state index contributed by atoms with van der Waals surface area (Å²) in [6.07, 6.45) is 8.09. The average molecular weight is 349 g/mol. The molecule has 0 spiro atoms. The SMILES string of the molecule is Cc1cc(C(=O)N2CCC[C@@H](Cc3cncc4ccccc34)CC2)no1. The summed E-state index contributed by atoms with van der Waals surface area (Å²) in [5.41, 5.74) is 1.72. The molecule has 1 saturated heterocycles. The highest BCUT2D eigenvalue weighted by Gasteiger charge is 2.24. The number of rotatable bonds is 3. The molecule has 0 radical (unpaired) electrons. The number of nitrogens with zero attached hydrogens (tertiary/aromatic N) is 3. The summed E-state index contributed by atoms with van der Waals surface area (Å²) in [5, 5.41) is 6.35. The van der Waals surface area contributed by atoms with Gasteiger partial charge in [-0.05, 0) is 49.5 Å². The number of aryl methyl sites for hydroxylation is 1. The van der Waals surface area contributed by atoms with Crippen LogP contribution < -0.4 is 0 Å². The van der Waals surface area contributed by atoms with Crippen LogP contribution in [0, 0.1) is 12.8 Å². The van der Waals surface area contributed by atoms with E-state index in [4.69, 9.17) is 4.52 Å². The number of amides is 1. The van der Waals surface area contributed by atoms with Gasteiger partial charge in [-0.15, -0.1) is 0 Å². The van der Waals surface area contributed by atoms with E-state index in [0.29, 0.717) is 17.4 Å². The lowest BCUT2D eigenvalue weighted by molar-refractivity contribution is 0.0749.